The molecule has 3 aromatic rings. The van der Waals surface area contributed by atoms with Crippen molar-refractivity contribution in [1.82, 2.24) is 9.97 Å². The zero-order valence-corrected chi connectivity index (χ0v) is 15.9. The third kappa shape index (κ3) is 4.70. The number of hydrogen-bond donors (Lipinski definition) is 3. The molecule has 3 N–H and O–H groups in total. The summed E-state index contributed by atoms with van der Waals surface area (Å²) in [6.45, 7) is 5.47. The Labute approximate surface area is 163 Å². The van der Waals surface area contributed by atoms with Crippen LogP contribution in [-0.4, -0.2) is 21.8 Å². The number of benzene rings is 2. The third-order valence-electron chi connectivity index (χ3n) is 4.08. The fourth-order valence-electron chi connectivity index (χ4n) is 2.68. The lowest BCUT2D eigenvalue weighted by molar-refractivity contribution is -0.114. The first-order chi connectivity index (χ1) is 13.4. The molecular formula is C21H21N5O2. The molecule has 1 aromatic heterocycles. The fraction of sp³-hybridized carbons (Fsp3) is 0.143. The molecule has 0 radical (unpaired) electrons. The summed E-state index contributed by atoms with van der Waals surface area (Å²) in [7, 11) is 0. The molecule has 0 bridgehead atoms. The zero-order chi connectivity index (χ0) is 20.1. The van der Waals surface area contributed by atoms with Crippen LogP contribution in [0.4, 0.5) is 22.9 Å². The van der Waals surface area contributed by atoms with Gasteiger partial charge in [-0.25, -0.2) is 9.97 Å². The normalized spacial score (nSPS) is 10.2. The molecule has 0 saturated heterocycles. The lowest BCUT2D eigenvalue weighted by atomic mass is 10.1. The summed E-state index contributed by atoms with van der Waals surface area (Å²) in [5, 5.41) is 8.66. The molecule has 142 valence electrons. The van der Waals surface area contributed by atoms with E-state index in [-0.39, 0.29) is 17.5 Å². The van der Waals surface area contributed by atoms with Gasteiger partial charge in [0.2, 0.25) is 5.91 Å². The number of amides is 2. The average Bonchev–Trinajstić information content (AvgIpc) is 2.66. The van der Waals surface area contributed by atoms with E-state index in [0.717, 1.165) is 16.8 Å². The lowest BCUT2D eigenvalue weighted by Crippen LogP contribution is -2.14. The summed E-state index contributed by atoms with van der Waals surface area (Å²) >= 11 is 0. The molecule has 0 aliphatic carbocycles. The molecule has 1 heterocycles. The lowest BCUT2D eigenvalue weighted by Gasteiger charge is -2.12. The summed E-state index contributed by atoms with van der Waals surface area (Å²) < 4.78 is 0. The number of anilines is 4. The minimum Gasteiger partial charge on any atom is -0.339 e. The highest BCUT2D eigenvalue weighted by Gasteiger charge is 2.10. The molecule has 2 aromatic carbocycles. The van der Waals surface area contributed by atoms with Crippen molar-refractivity contribution < 1.29 is 9.59 Å². The van der Waals surface area contributed by atoms with Gasteiger partial charge < -0.3 is 16.0 Å². The number of hydrogen-bond acceptors (Lipinski definition) is 5. The Morgan fingerprint density at radius 1 is 0.821 bits per heavy atom. The number of rotatable bonds is 5. The molecule has 28 heavy (non-hydrogen) atoms. The monoisotopic (exact) mass is 375 g/mol. The third-order valence-corrected chi connectivity index (χ3v) is 4.08. The predicted molar refractivity (Wildman–Crippen MR) is 110 cm³/mol. The van der Waals surface area contributed by atoms with E-state index >= 15 is 0 Å². The first-order valence-electron chi connectivity index (χ1n) is 8.76. The van der Waals surface area contributed by atoms with Crippen LogP contribution in [-0.2, 0) is 4.79 Å². The van der Waals surface area contributed by atoms with Crippen molar-refractivity contribution in [2.24, 2.45) is 0 Å². The molecule has 0 unspecified atom stereocenters. The van der Waals surface area contributed by atoms with Crippen LogP contribution in [0, 0.1) is 13.8 Å². The maximum absolute atomic E-state index is 12.4. The Balaban J connectivity index is 1.66. The van der Waals surface area contributed by atoms with Gasteiger partial charge in [-0.2, -0.15) is 0 Å². The fourth-order valence-corrected chi connectivity index (χ4v) is 2.68. The highest BCUT2D eigenvalue weighted by Crippen LogP contribution is 2.23. The van der Waals surface area contributed by atoms with E-state index < -0.39 is 0 Å². The second-order valence-electron chi connectivity index (χ2n) is 6.39. The largest absolute Gasteiger partial charge is 0.339 e. The van der Waals surface area contributed by atoms with Crippen molar-refractivity contribution in [2.75, 3.05) is 16.0 Å². The van der Waals surface area contributed by atoms with E-state index in [1.165, 1.54) is 19.3 Å². The number of carbonyl (C=O) groups excluding carboxylic acids is 2. The van der Waals surface area contributed by atoms with Crippen LogP contribution in [0.5, 0.6) is 0 Å². The Morgan fingerprint density at radius 2 is 1.43 bits per heavy atom. The molecule has 7 heteroatoms. The van der Waals surface area contributed by atoms with Crippen molar-refractivity contribution in [3.8, 4) is 0 Å². The van der Waals surface area contributed by atoms with Crippen LogP contribution in [0.25, 0.3) is 0 Å². The minimum absolute atomic E-state index is 0.151. The minimum atomic E-state index is -0.363. The van der Waals surface area contributed by atoms with Gasteiger partial charge in [0.1, 0.15) is 11.5 Å². The van der Waals surface area contributed by atoms with Crippen LogP contribution in [0.15, 0.2) is 54.9 Å². The molecule has 7 nitrogen and oxygen atoms in total. The highest BCUT2D eigenvalue weighted by molar-refractivity contribution is 6.02. The van der Waals surface area contributed by atoms with E-state index in [2.05, 4.69) is 25.9 Å². The topological polar surface area (TPSA) is 96.0 Å². The van der Waals surface area contributed by atoms with Crippen LogP contribution in [0.1, 0.15) is 28.5 Å². The summed E-state index contributed by atoms with van der Waals surface area (Å²) in [6, 6.07) is 12.8. The molecule has 0 saturated carbocycles. The van der Waals surface area contributed by atoms with E-state index in [0.29, 0.717) is 17.2 Å². The predicted octanol–water partition coefficient (Wildman–Crippen LogP) is 4.05. The van der Waals surface area contributed by atoms with Gasteiger partial charge in [0.25, 0.3) is 5.91 Å². The Hall–Kier alpha value is -3.74. The first-order valence-corrected chi connectivity index (χ1v) is 8.76. The van der Waals surface area contributed by atoms with Gasteiger partial charge in [-0.15, -0.1) is 0 Å². The van der Waals surface area contributed by atoms with Gasteiger partial charge >= 0.3 is 0 Å². The van der Waals surface area contributed by atoms with Gasteiger partial charge in [-0.05, 0) is 49.2 Å². The van der Waals surface area contributed by atoms with E-state index in [1.54, 1.807) is 24.3 Å². The Bertz CT molecular complexity index is 978. The molecule has 0 aliphatic rings. The summed E-state index contributed by atoms with van der Waals surface area (Å²) in [5.41, 5.74) is 4.65. The van der Waals surface area contributed by atoms with Crippen LogP contribution >= 0.6 is 0 Å². The van der Waals surface area contributed by atoms with Crippen LogP contribution in [0.2, 0.25) is 0 Å². The quantitative estimate of drug-likeness (QED) is 0.625. The maximum atomic E-state index is 12.4. The summed E-state index contributed by atoms with van der Waals surface area (Å²) in [5.74, 6) is 0.0497. The standard InChI is InChI=1S/C21H21N5O2/c1-13-5-4-6-14(2)20(13)26-19-12-22-18(11-23-19)21(28)25-17-9-7-16(8-10-17)24-15(3)27/h4-12H,1-3H3,(H,23,26)(H,24,27)(H,25,28). The average molecular weight is 375 g/mol. The van der Waals surface area contributed by atoms with Crippen molar-refractivity contribution in [2.45, 2.75) is 20.8 Å². The highest BCUT2D eigenvalue weighted by atomic mass is 16.2. The zero-order valence-electron chi connectivity index (χ0n) is 15.9. The number of aromatic nitrogens is 2. The molecule has 0 atom stereocenters. The van der Waals surface area contributed by atoms with Crippen molar-refractivity contribution in [3.63, 3.8) is 0 Å². The van der Waals surface area contributed by atoms with Gasteiger partial charge in [-0.1, -0.05) is 18.2 Å². The van der Waals surface area contributed by atoms with Gasteiger partial charge in [0.05, 0.1) is 12.4 Å². The van der Waals surface area contributed by atoms with Crippen molar-refractivity contribution in [1.29, 1.82) is 0 Å². The van der Waals surface area contributed by atoms with Gasteiger partial charge in [0, 0.05) is 24.0 Å². The SMILES string of the molecule is CC(=O)Nc1ccc(NC(=O)c2cnc(Nc3c(C)cccc3C)cn2)cc1. The number of aryl methyl sites for hydroxylation is 2. The first kappa shape index (κ1) is 19.0. The van der Waals surface area contributed by atoms with E-state index in [9.17, 15) is 9.59 Å². The molecular weight excluding hydrogens is 354 g/mol. The Morgan fingerprint density at radius 3 is 1.96 bits per heavy atom. The number of para-hydroxylation sites is 1. The number of nitrogens with one attached hydrogen (secondary N) is 3. The van der Waals surface area contributed by atoms with Gasteiger partial charge in [0.15, 0.2) is 0 Å². The number of carbonyl (C=O) groups is 2. The van der Waals surface area contributed by atoms with E-state index in [4.69, 9.17) is 0 Å². The molecule has 3 rings (SSSR count). The van der Waals surface area contributed by atoms with E-state index in [1.807, 2.05) is 32.0 Å². The smallest absolute Gasteiger partial charge is 0.275 e. The van der Waals surface area contributed by atoms with Crippen LogP contribution in [0.3, 0.4) is 0 Å². The maximum Gasteiger partial charge on any atom is 0.275 e. The molecule has 0 spiro atoms. The molecule has 0 fully saturated rings. The van der Waals surface area contributed by atoms with Crippen molar-refractivity contribution >= 4 is 34.7 Å². The number of nitrogens with zero attached hydrogens (tertiary/aromatic N) is 2. The Kier molecular flexibility index (Phi) is 5.64. The second-order valence-corrected chi connectivity index (χ2v) is 6.39. The molecule has 0 aliphatic heterocycles. The van der Waals surface area contributed by atoms with Gasteiger partial charge in [-0.3, -0.25) is 9.59 Å². The second kappa shape index (κ2) is 8.30. The molecule has 2 amide bonds. The van der Waals surface area contributed by atoms with Crippen LogP contribution < -0.4 is 16.0 Å². The summed E-state index contributed by atoms with van der Waals surface area (Å²) in [6.07, 6.45) is 2.96. The summed E-state index contributed by atoms with van der Waals surface area (Å²) in [4.78, 5) is 31.9. The van der Waals surface area contributed by atoms with Crippen molar-refractivity contribution in [3.05, 3.63) is 71.7 Å².